The molecule has 14 heteroatoms. The van der Waals surface area contributed by atoms with Crippen LogP contribution in [-0.4, -0.2) is 50.5 Å². The lowest BCUT2D eigenvalue weighted by atomic mass is 9.80. The zero-order chi connectivity index (χ0) is 70.5. The van der Waals surface area contributed by atoms with Crippen LogP contribution in [0.4, 0.5) is 0 Å². The third-order valence-corrected chi connectivity index (χ3v) is 23.7. The summed E-state index contributed by atoms with van der Waals surface area (Å²) >= 11 is 5.44. The van der Waals surface area contributed by atoms with Crippen LogP contribution in [0.3, 0.4) is 0 Å². The van der Waals surface area contributed by atoms with Crippen molar-refractivity contribution < 1.29 is 13.5 Å². The van der Waals surface area contributed by atoms with Crippen LogP contribution in [0.5, 0.6) is 0 Å². The Bertz CT molecular complexity index is 4720. The van der Waals surface area contributed by atoms with Crippen molar-refractivity contribution in [1.82, 2.24) is 34.6 Å². The van der Waals surface area contributed by atoms with Gasteiger partial charge in [0.25, 0.3) is 0 Å². The van der Waals surface area contributed by atoms with Crippen molar-refractivity contribution >= 4 is 44.0 Å². The number of hydrogen-bond donors (Lipinski definition) is 2. The first-order chi connectivity index (χ1) is 49.0. The number of sulfonamides is 1. The lowest BCUT2D eigenvalue weighted by molar-refractivity contribution is 0.199. The maximum Gasteiger partial charge on any atom is 0.215 e. The summed E-state index contributed by atoms with van der Waals surface area (Å²) in [7, 11) is -1.81. The fourth-order valence-corrected chi connectivity index (χ4v) is 16.7. The average molecular weight is 1420 g/mol. The first kappa shape index (κ1) is 73.7. The van der Waals surface area contributed by atoms with Gasteiger partial charge in [-0.3, -0.25) is 0 Å². The molecule has 12 aromatic rings. The Balaban J connectivity index is 0.000000153. The smallest absolute Gasteiger partial charge is 0.215 e. The maximum atomic E-state index is 11.7. The number of benzene rings is 6. The normalized spacial score (nSPS) is 14.0. The topological polar surface area (TPSA) is 144 Å². The predicted octanol–water partition coefficient (Wildman–Crippen LogP) is 20.3. The van der Waals surface area contributed by atoms with E-state index in [0.717, 1.165) is 126 Å². The second-order valence-corrected chi connectivity index (χ2v) is 32.9. The molecule has 0 radical (unpaired) electrons. The summed E-state index contributed by atoms with van der Waals surface area (Å²) in [5, 5.41) is 9.82. The number of aliphatic hydroxyl groups excluding tert-OH is 1. The molecule has 6 heterocycles. The second-order valence-electron chi connectivity index (χ2n) is 27.4. The molecule has 0 aliphatic heterocycles. The molecular weight excluding hydrogens is 1320 g/mol. The van der Waals surface area contributed by atoms with Crippen LogP contribution in [0.25, 0.3) is 31.7 Å². The Labute approximate surface area is 611 Å². The molecule has 0 bridgehead atoms. The summed E-state index contributed by atoms with van der Waals surface area (Å²) in [6.45, 7) is 12.9. The van der Waals surface area contributed by atoms with Gasteiger partial charge in [-0.1, -0.05) is 185 Å². The minimum absolute atomic E-state index is 0.00213. The minimum Gasteiger partial charge on any atom is -0.389 e. The molecule has 520 valence electrons. The lowest BCUT2D eigenvalue weighted by Gasteiger charge is -2.26. The van der Waals surface area contributed by atoms with Crippen molar-refractivity contribution in [3.63, 3.8) is 0 Å². The van der Waals surface area contributed by atoms with Gasteiger partial charge < -0.3 is 5.11 Å². The standard InChI is InChI=1S/C32H36N2S.C28H31N3O2S2.C27H28N2OS/c1-23-10-12-25(13-11-23)20-26-7-5-8-27(21-26)22-32-33-19-18-30(34-32)31-17-16-29(35-31)15-14-28-9-4-3-6-24(28)2;1-20(2)24-6-4-5-23(17-24)18-28-30-16-15-26(31-28)27-14-13-25(34-27)12-11-21-7-9-22(10-8-21)19-35(32,33)29-3;1-19-6-3-7-21(16-19)8-5-11-24-12-13-26(31-24)25-14-15-28-27(29-25)18-22-9-4-10-23(17-22)20(2)30/h3-9,16-19,21,23,25H,10-15,20,22H2,1-2H3;4-10,13-17,20,29H,11-12,18-19H2,1-3H3;3-4,6-7,9-10,12-17,20,30H,5,8,11,18H2,1-2H3. The number of thiophene rings is 3. The van der Waals surface area contributed by atoms with Gasteiger partial charge in [-0.15, -0.1) is 34.0 Å². The van der Waals surface area contributed by atoms with Crippen molar-refractivity contribution in [2.45, 2.75) is 156 Å². The molecule has 1 aliphatic carbocycles. The first-order valence-corrected chi connectivity index (χ1v) is 39.9. The third kappa shape index (κ3) is 22.8. The first-order valence-electron chi connectivity index (χ1n) is 35.8. The Kier molecular flexibility index (Phi) is 26.6. The molecule has 1 saturated carbocycles. The van der Waals surface area contributed by atoms with Gasteiger partial charge in [0, 0.05) is 52.5 Å². The van der Waals surface area contributed by atoms with Gasteiger partial charge in [0.05, 0.1) is 43.6 Å². The van der Waals surface area contributed by atoms with Gasteiger partial charge in [-0.05, 0) is 226 Å². The number of rotatable bonds is 26. The highest BCUT2D eigenvalue weighted by Gasteiger charge is 2.20. The van der Waals surface area contributed by atoms with E-state index in [0.29, 0.717) is 12.3 Å². The molecular formula is C87H95N7O3S4. The molecule has 0 saturated heterocycles. The van der Waals surface area contributed by atoms with Crippen LogP contribution in [0, 0.1) is 25.7 Å². The van der Waals surface area contributed by atoms with Gasteiger partial charge in [0.1, 0.15) is 17.5 Å². The van der Waals surface area contributed by atoms with Gasteiger partial charge in [0.15, 0.2) is 0 Å². The van der Waals surface area contributed by atoms with E-state index < -0.39 is 16.1 Å². The van der Waals surface area contributed by atoms with E-state index in [1.165, 1.54) is 114 Å². The number of hydrogen-bond acceptors (Lipinski definition) is 12. The lowest BCUT2D eigenvalue weighted by Crippen LogP contribution is -2.20. The highest BCUT2D eigenvalue weighted by Crippen LogP contribution is 2.34. The summed E-state index contributed by atoms with van der Waals surface area (Å²) in [6.07, 6.45) is 21.4. The van der Waals surface area contributed by atoms with Crippen LogP contribution in [0.2, 0.25) is 0 Å². The van der Waals surface area contributed by atoms with E-state index in [9.17, 15) is 13.5 Å². The molecule has 10 nitrogen and oxygen atoms in total. The summed E-state index contributed by atoms with van der Waals surface area (Å²) in [4.78, 5) is 35.8. The van der Waals surface area contributed by atoms with Crippen molar-refractivity contribution in [2.24, 2.45) is 11.8 Å². The van der Waals surface area contributed by atoms with Gasteiger partial charge in [-0.25, -0.2) is 43.0 Å². The predicted molar refractivity (Wildman–Crippen MR) is 421 cm³/mol. The minimum atomic E-state index is -3.25. The Morgan fingerprint density at radius 2 is 0.950 bits per heavy atom. The Morgan fingerprint density at radius 1 is 0.465 bits per heavy atom. The van der Waals surface area contributed by atoms with Crippen LogP contribution in [-0.2, 0) is 80.0 Å². The number of nitrogens with one attached hydrogen (secondary N) is 1. The molecule has 0 spiro atoms. The average Bonchev–Trinajstić information content (AvgIpc) is 1.76. The van der Waals surface area contributed by atoms with Crippen molar-refractivity contribution in [2.75, 3.05) is 7.05 Å². The van der Waals surface area contributed by atoms with E-state index in [4.69, 9.17) is 15.0 Å². The molecule has 6 aromatic heterocycles. The molecule has 2 N–H and O–H groups in total. The zero-order valence-electron chi connectivity index (χ0n) is 59.5. The summed E-state index contributed by atoms with van der Waals surface area (Å²) < 4.78 is 25.8. The van der Waals surface area contributed by atoms with Crippen molar-refractivity contribution in [3.05, 3.63) is 318 Å². The summed E-state index contributed by atoms with van der Waals surface area (Å²) in [5.74, 6) is 4.80. The molecule has 101 heavy (non-hydrogen) atoms. The highest BCUT2D eigenvalue weighted by molar-refractivity contribution is 7.88. The third-order valence-electron chi connectivity index (χ3n) is 18.9. The summed E-state index contributed by atoms with van der Waals surface area (Å²) in [5.41, 5.74) is 17.9. The highest BCUT2D eigenvalue weighted by atomic mass is 32.2. The van der Waals surface area contributed by atoms with E-state index in [1.54, 1.807) is 18.3 Å². The molecule has 1 atom stereocenters. The fourth-order valence-electron chi connectivity index (χ4n) is 13.0. The number of aliphatic hydroxyl groups is 1. The van der Waals surface area contributed by atoms with Gasteiger partial charge in [0.2, 0.25) is 10.0 Å². The molecule has 6 aromatic carbocycles. The van der Waals surface area contributed by atoms with Crippen molar-refractivity contribution in [3.8, 4) is 31.7 Å². The summed E-state index contributed by atoms with van der Waals surface area (Å²) in [6, 6.07) is 70.2. The molecule has 1 aliphatic rings. The monoisotopic (exact) mass is 1410 g/mol. The van der Waals surface area contributed by atoms with E-state index in [2.05, 4.69) is 194 Å². The molecule has 1 fully saturated rings. The fraction of sp³-hybridized carbons (Fsp3) is 0.310. The van der Waals surface area contributed by atoms with Crippen LogP contribution in [0.1, 0.15) is 171 Å². The quantitative estimate of drug-likeness (QED) is 0.0541. The van der Waals surface area contributed by atoms with Crippen LogP contribution in [0.15, 0.2) is 219 Å². The van der Waals surface area contributed by atoms with E-state index in [1.807, 2.05) is 102 Å². The van der Waals surface area contributed by atoms with Crippen LogP contribution < -0.4 is 4.72 Å². The van der Waals surface area contributed by atoms with E-state index in [-0.39, 0.29) is 5.75 Å². The molecule has 0 amide bonds. The SMILES string of the molecule is CNS(=O)(=O)Cc1ccc(CCc2ccc(-c3ccnc(Cc4cccc(C(C)C)c4)n3)s2)cc1.Cc1cccc(CCCc2ccc(-c3ccnc(Cc4cccc(C(C)O)c4)n3)s2)c1.Cc1ccccc1CCc1ccc(-c2ccnc(Cc3cccc(CC4CCC(C)CC4)c3)n2)s1. The number of nitrogens with zero attached hydrogens (tertiary/aromatic N) is 6. The molecule has 1 unspecified atom stereocenters. The number of aryl methyl sites for hydroxylation is 8. The zero-order valence-corrected chi connectivity index (χ0v) is 62.8. The largest absolute Gasteiger partial charge is 0.389 e. The molecule has 13 rings (SSSR count). The van der Waals surface area contributed by atoms with E-state index >= 15 is 0 Å². The Hall–Kier alpha value is -8.47. The maximum absolute atomic E-state index is 11.7. The van der Waals surface area contributed by atoms with Gasteiger partial charge in [-0.2, -0.15) is 0 Å². The van der Waals surface area contributed by atoms with Crippen LogP contribution >= 0.6 is 34.0 Å². The second kappa shape index (κ2) is 36.4. The van der Waals surface area contributed by atoms with Crippen molar-refractivity contribution in [1.29, 1.82) is 0 Å². The number of aromatic nitrogens is 6. The van der Waals surface area contributed by atoms with Gasteiger partial charge >= 0.3 is 0 Å². The Morgan fingerprint density at radius 3 is 1.50 bits per heavy atom.